The Labute approximate surface area is 179 Å². The van der Waals surface area contributed by atoms with Crippen LogP contribution in [0.5, 0.6) is 0 Å². The number of alkyl halides is 3. The number of anilines is 1. The molecule has 1 amide bonds. The van der Waals surface area contributed by atoms with Crippen LogP contribution in [0.1, 0.15) is 35.7 Å². The van der Waals surface area contributed by atoms with E-state index < -0.39 is 17.8 Å². The van der Waals surface area contributed by atoms with Crippen LogP contribution in [0.2, 0.25) is 10.0 Å². The number of carbonyl (C=O) groups excluding carboxylic acids is 1. The third kappa shape index (κ3) is 4.79. The topological polar surface area (TPSA) is 64.7 Å². The van der Waals surface area contributed by atoms with E-state index >= 15 is 0 Å². The van der Waals surface area contributed by atoms with Crippen LogP contribution in [0.15, 0.2) is 36.7 Å². The minimum absolute atomic E-state index is 0.0235. The van der Waals surface area contributed by atoms with E-state index in [1.807, 2.05) is 6.07 Å². The predicted molar refractivity (Wildman–Crippen MR) is 106 cm³/mol. The first-order valence-corrected chi connectivity index (χ1v) is 9.86. The van der Waals surface area contributed by atoms with Crippen LogP contribution in [0.25, 0.3) is 0 Å². The van der Waals surface area contributed by atoms with Crippen LogP contribution >= 0.6 is 23.2 Å². The number of rotatable bonds is 6. The first-order chi connectivity index (χ1) is 14.2. The van der Waals surface area contributed by atoms with Gasteiger partial charge >= 0.3 is 6.18 Å². The molecule has 4 rings (SSSR count). The van der Waals surface area contributed by atoms with Gasteiger partial charge in [-0.2, -0.15) is 23.4 Å². The number of halogens is 5. The Morgan fingerprint density at radius 3 is 2.63 bits per heavy atom. The highest BCUT2D eigenvalue weighted by molar-refractivity contribution is 6.42. The first kappa shape index (κ1) is 20.7. The van der Waals surface area contributed by atoms with E-state index in [0.29, 0.717) is 28.0 Å². The van der Waals surface area contributed by atoms with Gasteiger partial charge in [0.1, 0.15) is 6.54 Å². The fraction of sp³-hybridized carbons (Fsp3) is 0.316. The van der Waals surface area contributed by atoms with Gasteiger partial charge in [0.2, 0.25) is 5.91 Å². The Hall–Kier alpha value is -2.52. The van der Waals surface area contributed by atoms with E-state index in [4.69, 9.17) is 23.2 Å². The number of aromatic nitrogens is 4. The van der Waals surface area contributed by atoms with Crippen molar-refractivity contribution in [2.75, 3.05) is 5.32 Å². The molecule has 1 N–H and O–H groups in total. The number of hydrogen-bond donors (Lipinski definition) is 1. The lowest BCUT2D eigenvalue weighted by atomic mass is 10.2. The normalized spacial score (nSPS) is 14.2. The molecule has 2 heterocycles. The third-order valence-electron chi connectivity index (χ3n) is 4.64. The second-order valence-electron chi connectivity index (χ2n) is 7.11. The average molecular weight is 458 g/mol. The van der Waals surface area contributed by atoms with Crippen molar-refractivity contribution in [1.29, 1.82) is 0 Å². The van der Waals surface area contributed by atoms with E-state index in [-0.39, 0.29) is 12.5 Å². The van der Waals surface area contributed by atoms with Crippen molar-refractivity contribution in [2.24, 2.45) is 0 Å². The summed E-state index contributed by atoms with van der Waals surface area (Å²) in [7, 11) is 0. The maximum atomic E-state index is 13.0. The van der Waals surface area contributed by atoms with Gasteiger partial charge in [-0.25, -0.2) is 0 Å². The summed E-state index contributed by atoms with van der Waals surface area (Å²) in [6.45, 7) is 0.104. The molecule has 0 radical (unpaired) electrons. The number of benzene rings is 1. The molecular formula is C19H16Cl2F3N5O. The lowest BCUT2D eigenvalue weighted by molar-refractivity contribution is -0.141. The van der Waals surface area contributed by atoms with E-state index in [9.17, 15) is 18.0 Å². The lowest BCUT2D eigenvalue weighted by Crippen LogP contribution is -2.21. The van der Waals surface area contributed by atoms with Gasteiger partial charge in [-0.1, -0.05) is 29.3 Å². The Kier molecular flexibility index (Phi) is 5.50. The zero-order valence-corrected chi connectivity index (χ0v) is 17.0. The van der Waals surface area contributed by atoms with Crippen LogP contribution in [0.4, 0.5) is 18.9 Å². The van der Waals surface area contributed by atoms with Crippen LogP contribution in [0.3, 0.4) is 0 Å². The van der Waals surface area contributed by atoms with E-state index in [0.717, 1.165) is 29.2 Å². The molecule has 30 heavy (non-hydrogen) atoms. The van der Waals surface area contributed by atoms with Gasteiger partial charge in [-0.3, -0.25) is 14.2 Å². The Balaban J connectivity index is 1.41. The molecule has 158 valence electrons. The van der Waals surface area contributed by atoms with Gasteiger partial charge in [-0.05, 0) is 36.6 Å². The molecule has 2 aromatic heterocycles. The van der Waals surface area contributed by atoms with Gasteiger partial charge < -0.3 is 5.32 Å². The minimum Gasteiger partial charge on any atom is -0.322 e. The molecule has 0 atom stereocenters. The number of amides is 1. The lowest BCUT2D eigenvalue weighted by Gasteiger charge is -2.07. The van der Waals surface area contributed by atoms with E-state index in [1.165, 1.54) is 6.20 Å². The zero-order chi connectivity index (χ0) is 21.5. The van der Waals surface area contributed by atoms with Crippen molar-refractivity contribution in [3.05, 3.63) is 63.7 Å². The highest BCUT2D eigenvalue weighted by Crippen LogP contribution is 2.42. The van der Waals surface area contributed by atoms with Crippen LogP contribution < -0.4 is 5.32 Å². The standard InChI is InChI=1S/C19H16Cl2F3N5O/c20-14-4-1-11(5-15(14)21)8-28-9-13(7-25-28)26-18(30)10-29-16(12-2-3-12)6-17(27-29)19(22,23)24/h1,4-7,9,12H,2-3,8,10H2,(H,26,30). The Bertz CT molecular complexity index is 1090. The Morgan fingerprint density at radius 2 is 1.97 bits per heavy atom. The molecule has 6 nitrogen and oxygen atoms in total. The highest BCUT2D eigenvalue weighted by Gasteiger charge is 2.38. The van der Waals surface area contributed by atoms with Crippen molar-refractivity contribution in [1.82, 2.24) is 19.6 Å². The summed E-state index contributed by atoms with van der Waals surface area (Å²) in [5.41, 5.74) is 0.756. The molecule has 0 spiro atoms. The molecule has 11 heteroatoms. The van der Waals surface area contributed by atoms with Gasteiger partial charge in [0.15, 0.2) is 5.69 Å². The van der Waals surface area contributed by atoms with Crippen LogP contribution in [0, 0.1) is 0 Å². The fourth-order valence-electron chi connectivity index (χ4n) is 3.08. The quantitative estimate of drug-likeness (QED) is 0.568. The molecule has 0 saturated heterocycles. The maximum absolute atomic E-state index is 13.0. The minimum atomic E-state index is -4.54. The second kappa shape index (κ2) is 7.96. The van der Waals surface area contributed by atoms with Crippen LogP contribution in [-0.4, -0.2) is 25.5 Å². The van der Waals surface area contributed by atoms with Gasteiger partial charge in [0.05, 0.1) is 28.5 Å². The van der Waals surface area contributed by atoms with Crippen molar-refractivity contribution >= 4 is 34.8 Å². The zero-order valence-electron chi connectivity index (χ0n) is 15.5. The smallest absolute Gasteiger partial charge is 0.322 e. The number of carbonyl (C=O) groups is 1. The van der Waals surface area contributed by atoms with Gasteiger partial charge in [0.25, 0.3) is 0 Å². The first-order valence-electron chi connectivity index (χ1n) is 9.10. The summed E-state index contributed by atoms with van der Waals surface area (Å²) >= 11 is 11.9. The molecule has 1 aliphatic rings. The molecule has 1 aliphatic carbocycles. The second-order valence-corrected chi connectivity index (χ2v) is 7.92. The third-order valence-corrected chi connectivity index (χ3v) is 5.38. The molecule has 0 unspecified atom stereocenters. The summed E-state index contributed by atoms with van der Waals surface area (Å²) in [6, 6.07) is 6.24. The number of nitrogens with one attached hydrogen (secondary N) is 1. The molecule has 1 aromatic carbocycles. The summed E-state index contributed by atoms with van der Waals surface area (Å²) in [5.74, 6) is -0.460. The van der Waals surface area contributed by atoms with Crippen molar-refractivity contribution < 1.29 is 18.0 Å². The maximum Gasteiger partial charge on any atom is 0.435 e. The molecule has 1 fully saturated rings. The molecule has 3 aromatic rings. The molecule has 0 bridgehead atoms. The monoisotopic (exact) mass is 457 g/mol. The van der Waals surface area contributed by atoms with Crippen LogP contribution in [-0.2, 0) is 24.1 Å². The average Bonchev–Trinajstić information content (AvgIpc) is 3.27. The Morgan fingerprint density at radius 1 is 1.20 bits per heavy atom. The summed E-state index contributed by atoms with van der Waals surface area (Å²) in [5, 5.41) is 11.3. The van der Waals surface area contributed by atoms with Crippen molar-refractivity contribution in [3.63, 3.8) is 0 Å². The van der Waals surface area contributed by atoms with Crippen molar-refractivity contribution in [2.45, 2.75) is 38.0 Å². The summed E-state index contributed by atoms with van der Waals surface area (Å²) in [4.78, 5) is 12.4. The highest BCUT2D eigenvalue weighted by atomic mass is 35.5. The van der Waals surface area contributed by atoms with Gasteiger partial charge in [-0.15, -0.1) is 0 Å². The number of hydrogen-bond acceptors (Lipinski definition) is 3. The summed E-state index contributed by atoms with van der Waals surface area (Å²) < 4.78 is 41.7. The van der Waals surface area contributed by atoms with E-state index in [2.05, 4.69) is 15.5 Å². The predicted octanol–water partition coefficient (Wildman–Crippen LogP) is 4.97. The fourth-order valence-corrected chi connectivity index (χ4v) is 3.40. The van der Waals surface area contributed by atoms with Crippen molar-refractivity contribution in [3.8, 4) is 0 Å². The molecular weight excluding hydrogens is 442 g/mol. The van der Waals surface area contributed by atoms with Gasteiger partial charge in [0, 0.05) is 17.8 Å². The number of nitrogens with zero attached hydrogens (tertiary/aromatic N) is 4. The van der Waals surface area contributed by atoms with E-state index in [1.54, 1.807) is 23.0 Å². The SMILES string of the molecule is O=C(Cn1nc(C(F)(F)F)cc1C1CC1)Nc1cnn(Cc2ccc(Cl)c(Cl)c2)c1. The summed E-state index contributed by atoms with van der Waals surface area (Å²) in [6.07, 6.45) is 0.128. The molecule has 0 aliphatic heterocycles. The molecule has 1 saturated carbocycles. The largest absolute Gasteiger partial charge is 0.435 e.